The maximum atomic E-state index is 11.5. The van der Waals surface area contributed by atoms with Gasteiger partial charge in [0.2, 0.25) is 0 Å². The molecular formula is C16H23NO3. The Bertz CT molecular complexity index is 446. The number of benzene rings is 1. The first kappa shape index (κ1) is 16.2. The van der Waals surface area contributed by atoms with Gasteiger partial charge in [0.25, 0.3) is 0 Å². The fourth-order valence-corrected chi connectivity index (χ4v) is 1.63. The third-order valence-electron chi connectivity index (χ3n) is 2.45. The van der Waals surface area contributed by atoms with E-state index in [1.807, 2.05) is 45.0 Å². The van der Waals surface area contributed by atoms with Crippen LogP contribution in [0, 0.1) is 0 Å². The Morgan fingerprint density at radius 3 is 2.45 bits per heavy atom. The van der Waals surface area contributed by atoms with Gasteiger partial charge in [0.05, 0.1) is 0 Å². The first-order chi connectivity index (χ1) is 9.31. The molecule has 0 amide bonds. The predicted molar refractivity (Wildman–Crippen MR) is 79.7 cm³/mol. The fraction of sp³-hybridized carbons (Fsp3) is 0.438. The number of rotatable bonds is 6. The summed E-state index contributed by atoms with van der Waals surface area (Å²) in [5, 5.41) is 0. The monoisotopic (exact) mass is 277 g/mol. The fourth-order valence-electron chi connectivity index (χ4n) is 1.63. The van der Waals surface area contributed by atoms with E-state index in [1.165, 1.54) is 6.08 Å². The maximum Gasteiger partial charge on any atom is 0.323 e. The molecule has 20 heavy (non-hydrogen) atoms. The van der Waals surface area contributed by atoms with Gasteiger partial charge in [-0.15, -0.1) is 0 Å². The number of carbonyl (C=O) groups is 1. The molecule has 4 nitrogen and oxygen atoms in total. The molecule has 1 rings (SSSR count). The van der Waals surface area contributed by atoms with Crippen LogP contribution in [-0.4, -0.2) is 24.2 Å². The van der Waals surface area contributed by atoms with Crippen LogP contribution in [0.25, 0.3) is 0 Å². The summed E-state index contributed by atoms with van der Waals surface area (Å²) in [5.74, 6) is 0.379. The lowest BCUT2D eigenvalue weighted by atomic mass is 10.1. The molecule has 0 bridgehead atoms. The summed E-state index contributed by atoms with van der Waals surface area (Å²) in [6.07, 6.45) is 1.95. The quantitative estimate of drug-likeness (QED) is 0.641. The summed E-state index contributed by atoms with van der Waals surface area (Å²) < 4.78 is 10.6. The van der Waals surface area contributed by atoms with E-state index in [-0.39, 0.29) is 12.2 Å². The molecule has 1 atom stereocenters. The summed E-state index contributed by atoms with van der Waals surface area (Å²) in [6, 6.07) is 6.90. The van der Waals surface area contributed by atoms with E-state index in [9.17, 15) is 4.79 Å². The van der Waals surface area contributed by atoms with Gasteiger partial charge < -0.3 is 15.2 Å². The SMILES string of the molecule is C=CCOC(=O)[C@H](N)Cc1ccc(OC(C)(C)C)cc1. The van der Waals surface area contributed by atoms with Gasteiger partial charge in [-0.2, -0.15) is 0 Å². The number of ether oxygens (including phenoxy) is 2. The first-order valence-corrected chi connectivity index (χ1v) is 6.63. The molecule has 0 aliphatic rings. The third-order valence-corrected chi connectivity index (χ3v) is 2.45. The Morgan fingerprint density at radius 1 is 1.35 bits per heavy atom. The molecule has 0 unspecified atom stereocenters. The van der Waals surface area contributed by atoms with Crippen LogP contribution < -0.4 is 10.5 Å². The van der Waals surface area contributed by atoms with Gasteiger partial charge in [0, 0.05) is 0 Å². The molecule has 0 aromatic heterocycles. The number of carbonyl (C=O) groups excluding carboxylic acids is 1. The summed E-state index contributed by atoms with van der Waals surface area (Å²) in [7, 11) is 0. The lowest BCUT2D eigenvalue weighted by molar-refractivity contribution is -0.143. The van der Waals surface area contributed by atoms with Crippen LogP contribution in [0.3, 0.4) is 0 Å². The highest BCUT2D eigenvalue weighted by atomic mass is 16.5. The first-order valence-electron chi connectivity index (χ1n) is 6.63. The zero-order chi connectivity index (χ0) is 15.2. The van der Waals surface area contributed by atoms with Crippen LogP contribution in [-0.2, 0) is 16.0 Å². The lowest BCUT2D eigenvalue weighted by Crippen LogP contribution is -2.34. The van der Waals surface area contributed by atoms with E-state index >= 15 is 0 Å². The van der Waals surface area contributed by atoms with Gasteiger partial charge >= 0.3 is 5.97 Å². The van der Waals surface area contributed by atoms with Crippen LogP contribution in [0.4, 0.5) is 0 Å². The average Bonchev–Trinajstić information content (AvgIpc) is 2.36. The van der Waals surface area contributed by atoms with Gasteiger partial charge in [-0.05, 0) is 44.9 Å². The minimum Gasteiger partial charge on any atom is -0.488 e. The van der Waals surface area contributed by atoms with Crippen molar-refractivity contribution < 1.29 is 14.3 Å². The molecule has 4 heteroatoms. The standard InChI is InChI=1S/C16H23NO3/c1-5-10-19-15(18)14(17)11-12-6-8-13(9-7-12)20-16(2,3)4/h5-9,14H,1,10-11,17H2,2-4H3/t14-/m1/s1. The topological polar surface area (TPSA) is 61.5 Å². The lowest BCUT2D eigenvalue weighted by Gasteiger charge is -2.21. The molecule has 1 aromatic carbocycles. The molecule has 0 heterocycles. The Labute approximate surface area is 120 Å². The largest absolute Gasteiger partial charge is 0.488 e. The Balaban J connectivity index is 2.56. The zero-order valence-electron chi connectivity index (χ0n) is 12.4. The highest BCUT2D eigenvalue weighted by Gasteiger charge is 2.16. The Morgan fingerprint density at radius 2 is 1.95 bits per heavy atom. The van der Waals surface area contributed by atoms with Crippen molar-refractivity contribution in [1.82, 2.24) is 0 Å². The summed E-state index contributed by atoms with van der Waals surface area (Å²) in [5.41, 5.74) is 6.53. The molecule has 2 N–H and O–H groups in total. The average molecular weight is 277 g/mol. The van der Waals surface area contributed by atoms with E-state index < -0.39 is 12.0 Å². The number of hydrogen-bond donors (Lipinski definition) is 1. The highest BCUT2D eigenvalue weighted by Crippen LogP contribution is 2.19. The van der Waals surface area contributed by atoms with Crippen molar-refractivity contribution in [1.29, 1.82) is 0 Å². The highest BCUT2D eigenvalue weighted by molar-refractivity contribution is 5.76. The van der Waals surface area contributed by atoms with Crippen molar-refractivity contribution in [2.24, 2.45) is 5.73 Å². The summed E-state index contributed by atoms with van der Waals surface area (Å²) >= 11 is 0. The van der Waals surface area contributed by atoms with Crippen LogP contribution in [0.15, 0.2) is 36.9 Å². The van der Waals surface area contributed by atoms with Crippen molar-refractivity contribution in [3.05, 3.63) is 42.5 Å². The van der Waals surface area contributed by atoms with Gasteiger partial charge in [-0.1, -0.05) is 24.8 Å². The Hall–Kier alpha value is -1.81. The van der Waals surface area contributed by atoms with E-state index in [2.05, 4.69) is 6.58 Å². The Kier molecular flexibility index (Phi) is 5.77. The van der Waals surface area contributed by atoms with Crippen molar-refractivity contribution in [3.8, 4) is 5.75 Å². The minimum absolute atomic E-state index is 0.185. The molecule has 0 saturated heterocycles. The molecule has 1 aromatic rings. The van der Waals surface area contributed by atoms with Gasteiger partial charge in [-0.3, -0.25) is 4.79 Å². The number of esters is 1. The van der Waals surface area contributed by atoms with E-state index in [4.69, 9.17) is 15.2 Å². The molecule has 0 aliphatic carbocycles. The molecule has 0 radical (unpaired) electrons. The molecule has 0 spiro atoms. The van der Waals surface area contributed by atoms with Crippen molar-refractivity contribution in [3.63, 3.8) is 0 Å². The molecule has 0 saturated carbocycles. The second-order valence-corrected chi connectivity index (χ2v) is 5.59. The third kappa shape index (κ3) is 5.89. The number of hydrogen-bond acceptors (Lipinski definition) is 4. The van der Waals surface area contributed by atoms with Crippen molar-refractivity contribution in [2.45, 2.75) is 38.8 Å². The van der Waals surface area contributed by atoms with E-state index in [0.717, 1.165) is 11.3 Å². The minimum atomic E-state index is -0.663. The zero-order valence-corrected chi connectivity index (χ0v) is 12.4. The summed E-state index contributed by atoms with van der Waals surface area (Å²) in [6.45, 7) is 9.65. The molecular weight excluding hydrogens is 254 g/mol. The van der Waals surface area contributed by atoms with Gasteiger partial charge in [-0.25, -0.2) is 0 Å². The van der Waals surface area contributed by atoms with Gasteiger partial charge in [0.15, 0.2) is 0 Å². The number of nitrogens with two attached hydrogens (primary N) is 1. The molecule has 0 fully saturated rings. The molecule has 0 aliphatic heterocycles. The maximum absolute atomic E-state index is 11.5. The second kappa shape index (κ2) is 7.10. The van der Waals surface area contributed by atoms with Crippen molar-refractivity contribution >= 4 is 5.97 Å². The van der Waals surface area contributed by atoms with Crippen LogP contribution in [0.1, 0.15) is 26.3 Å². The van der Waals surface area contributed by atoms with E-state index in [1.54, 1.807) is 0 Å². The second-order valence-electron chi connectivity index (χ2n) is 5.59. The predicted octanol–water partition coefficient (Wildman–Crippen LogP) is 2.46. The van der Waals surface area contributed by atoms with Crippen LogP contribution in [0.2, 0.25) is 0 Å². The normalized spacial score (nSPS) is 12.6. The van der Waals surface area contributed by atoms with E-state index in [0.29, 0.717) is 6.42 Å². The van der Waals surface area contributed by atoms with Gasteiger partial charge in [0.1, 0.15) is 24.0 Å². The smallest absolute Gasteiger partial charge is 0.323 e. The molecule has 110 valence electrons. The van der Waals surface area contributed by atoms with Crippen LogP contribution in [0.5, 0.6) is 5.75 Å². The summed E-state index contributed by atoms with van der Waals surface area (Å²) in [4.78, 5) is 11.5. The van der Waals surface area contributed by atoms with Crippen molar-refractivity contribution in [2.75, 3.05) is 6.61 Å². The van der Waals surface area contributed by atoms with Crippen LogP contribution >= 0.6 is 0 Å².